The van der Waals surface area contributed by atoms with Crippen LogP contribution in [0.1, 0.15) is 30.2 Å². The molecule has 26 heavy (non-hydrogen) atoms. The number of ether oxygens (including phenoxy) is 3. The van der Waals surface area contributed by atoms with Crippen molar-refractivity contribution in [1.29, 1.82) is 0 Å². The summed E-state index contributed by atoms with van der Waals surface area (Å²) in [5.74, 6) is 2.46. The molecule has 0 bridgehead atoms. The Labute approximate surface area is 152 Å². The molecule has 0 unspecified atom stereocenters. The van der Waals surface area contributed by atoms with E-state index in [0.29, 0.717) is 29.0 Å². The average molecular weight is 364 g/mol. The number of hydrogen-bond acceptors (Lipinski definition) is 7. The minimum Gasteiger partial charge on any atom is -0.493 e. The Bertz CT molecular complexity index is 736. The minimum atomic E-state index is -0.286. The summed E-state index contributed by atoms with van der Waals surface area (Å²) >= 11 is 0. The second-order valence-electron chi connectivity index (χ2n) is 5.72. The highest BCUT2D eigenvalue weighted by Gasteiger charge is 2.19. The second kappa shape index (κ2) is 8.41. The molecule has 1 atom stereocenters. The van der Waals surface area contributed by atoms with Crippen LogP contribution < -0.4 is 19.5 Å². The number of aromatic nitrogens is 2. The van der Waals surface area contributed by atoms with Gasteiger partial charge in [0.25, 0.3) is 0 Å². The van der Waals surface area contributed by atoms with Crippen molar-refractivity contribution < 1.29 is 23.5 Å². The monoisotopic (exact) mass is 364 g/mol. The van der Waals surface area contributed by atoms with Crippen LogP contribution in [-0.2, 0) is 6.54 Å². The molecule has 2 aromatic rings. The van der Waals surface area contributed by atoms with E-state index in [-0.39, 0.29) is 18.6 Å². The fourth-order valence-electron chi connectivity index (χ4n) is 2.42. The molecular weight excluding hydrogens is 340 g/mol. The zero-order valence-corrected chi connectivity index (χ0v) is 15.8. The zero-order chi connectivity index (χ0) is 19.3. The van der Waals surface area contributed by atoms with E-state index in [4.69, 9.17) is 18.7 Å². The van der Waals surface area contributed by atoms with Crippen LogP contribution >= 0.6 is 0 Å². The third kappa shape index (κ3) is 4.35. The van der Waals surface area contributed by atoms with Crippen molar-refractivity contribution in [1.82, 2.24) is 20.4 Å². The summed E-state index contributed by atoms with van der Waals surface area (Å²) < 4.78 is 20.9. The van der Waals surface area contributed by atoms with Crippen LogP contribution in [0.4, 0.5) is 4.79 Å². The van der Waals surface area contributed by atoms with E-state index in [1.54, 1.807) is 47.4 Å². The number of rotatable bonds is 7. The Morgan fingerprint density at radius 1 is 1.23 bits per heavy atom. The van der Waals surface area contributed by atoms with Gasteiger partial charge in [-0.3, -0.25) is 0 Å². The van der Waals surface area contributed by atoms with Gasteiger partial charge in [0.2, 0.25) is 11.6 Å². The van der Waals surface area contributed by atoms with Gasteiger partial charge in [0.05, 0.1) is 33.9 Å². The molecule has 0 fully saturated rings. The Balaban J connectivity index is 2.10. The Morgan fingerprint density at radius 3 is 2.31 bits per heavy atom. The van der Waals surface area contributed by atoms with Gasteiger partial charge in [-0.2, -0.15) is 4.98 Å². The third-order valence-corrected chi connectivity index (χ3v) is 3.82. The topological polar surface area (TPSA) is 99.0 Å². The van der Waals surface area contributed by atoms with Crippen LogP contribution in [-0.4, -0.2) is 49.4 Å². The molecule has 9 heteroatoms. The fourth-order valence-corrected chi connectivity index (χ4v) is 2.42. The normalized spacial score (nSPS) is 11.6. The predicted molar refractivity (Wildman–Crippen MR) is 93.5 cm³/mol. The van der Waals surface area contributed by atoms with E-state index in [1.807, 2.05) is 6.92 Å². The lowest BCUT2D eigenvalue weighted by Crippen LogP contribution is -2.38. The Hall–Kier alpha value is -2.97. The quantitative estimate of drug-likeness (QED) is 0.805. The first-order valence-electron chi connectivity index (χ1n) is 8.00. The maximum Gasteiger partial charge on any atom is 0.318 e. The van der Waals surface area contributed by atoms with Crippen LogP contribution in [0.2, 0.25) is 0 Å². The van der Waals surface area contributed by atoms with Gasteiger partial charge in [0.1, 0.15) is 0 Å². The lowest BCUT2D eigenvalue weighted by molar-refractivity contribution is 0.201. The maximum absolute atomic E-state index is 12.4. The fraction of sp³-hybridized carbons (Fsp3) is 0.471. The molecule has 0 aliphatic carbocycles. The van der Waals surface area contributed by atoms with Gasteiger partial charge >= 0.3 is 6.03 Å². The first-order valence-corrected chi connectivity index (χ1v) is 8.00. The van der Waals surface area contributed by atoms with Crippen LogP contribution in [0, 0.1) is 6.92 Å². The highest BCUT2D eigenvalue weighted by Crippen LogP contribution is 2.39. The number of benzene rings is 1. The van der Waals surface area contributed by atoms with E-state index < -0.39 is 0 Å². The van der Waals surface area contributed by atoms with E-state index in [0.717, 1.165) is 5.56 Å². The molecule has 0 spiro atoms. The van der Waals surface area contributed by atoms with Gasteiger partial charge in [-0.05, 0) is 24.6 Å². The van der Waals surface area contributed by atoms with E-state index in [2.05, 4.69) is 15.5 Å². The predicted octanol–water partition coefficient (Wildman–Crippen LogP) is 2.31. The van der Waals surface area contributed by atoms with Gasteiger partial charge in [-0.15, -0.1) is 0 Å². The number of nitrogens with one attached hydrogen (secondary N) is 1. The van der Waals surface area contributed by atoms with E-state index in [1.165, 1.54) is 4.90 Å². The Morgan fingerprint density at radius 2 is 1.85 bits per heavy atom. The lowest BCUT2D eigenvalue weighted by Gasteiger charge is -2.22. The molecule has 142 valence electrons. The lowest BCUT2D eigenvalue weighted by atomic mass is 10.1. The highest BCUT2D eigenvalue weighted by molar-refractivity contribution is 5.74. The number of urea groups is 1. The smallest absolute Gasteiger partial charge is 0.318 e. The summed E-state index contributed by atoms with van der Waals surface area (Å²) in [6, 6.07) is 3.04. The molecule has 1 N–H and O–H groups in total. The standard InChI is InChI=1S/C17H24N4O5/c1-10(12-7-13(23-4)16(25-6)14(8-12)24-5)18-17(22)21(3)9-15-19-11(2)26-20-15/h7-8,10H,9H2,1-6H3,(H,18,22)/t10-/m1/s1. The number of aryl methyl sites for hydroxylation is 1. The molecule has 9 nitrogen and oxygen atoms in total. The zero-order valence-electron chi connectivity index (χ0n) is 15.8. The summed E-state index contributed by atoms with van der Waals surface area (Å²) in [4.78, 5) is 18.0. The highest BCUT2D eigenvalue weighted by atomic mass is 16.5. The molecule has 0 saturated carbocycles. The molecule has 0 radical (unpaired) electrons. The van der Waals surface area contributed by atoms with E-state index in [9.17, 15) is 4.79 Å². The molecule has 0 aliphatic heterocycles. The number of methoxy groups -OCH3 is 3. The summed E-state index contributed by atoms with van der Waals surface area (Å²) in [5, 5.41) is 6.70. The summed E-state index contributed by atoms with van der Waals surface area (Å²) in [7, 11) is 6.29. The summed E-state index contributed by atoms with van der Waals surface area (Å²) in [6.45, 7) is 3.80. The van der Waals surface area contributed by atoms with Crippen molar-refractivity contribution in [2.75, 3.05) is 28.4 Å². The number of nitrogens with zero attached hydrogens (tertiary/aromatic N) is 3. The number of hydrogen-bond donors (Lipinski definition) is 1. The van der Waals surface area contributed by atoms with Crippen LogP contribution in [0.15, 0.2) is 16.7 Å². The molecular formula is C17H24N4O5. The summed E-state index contributed by atoms with van der Waals surface area (Å²) in [5.41, 5.74) is 0.816. The molecule has 1 aromatic carbocycles. The van der Waals surface area contributed by atoms with Crippen molar-refractivity contribution in [3.8, 4) is 17.2 Å². The third-order valence-electron chi connectivity index (χ3n) is 3.82. The van der Waals surface area contributed by atoms with Gasteiger partial charge in [0, 0.05) is 14.0 Å². The average Bonchev–Trinajstić information content (AvgIpc) is 3.04. The molecule has 0 saturated heterocycles. The van der Waals surface area contributed by atoms with Gasteiger partial charge in [0.15, 0.2) is 17.3 Å². The minimum absolute atomic E-state index is 0.241. The van der Waals surface area contributed by atoms with Gasteiger partial charge < -0.3 is 29.0 Å². The summed E-state index contributed by atoms with van der Waals surface area (Å²) in [6.07, 6.45) is 0. The maximum atomic E-state index is 12.4. The molecule has 2 amide bonds. The second-order valence-corrected chi connectivity index (χ2v) is 5.72. The number of carbonyl (C=O) groups is 1. The first kappa shape index (κ1) is 19.4. The van der Waals surface area contributed by atoms with Crippen LogP contribution in [0.5, 0.6) is 17.2 Å². The van der Waals surface area contributed by atoms with Crippen molar-refractivity contribution >= 4 is 6.03 Å². The van der Waals surface area contributed by atoms with Gasteiger partial charge in [-0.1, -0.05) is 5.16 Å². The molecule has 2 rings (SSSR count). The van der Waals surface area contributed by atoms with E-state index >= 15 is 0 Å². The van der Waals surface area contributed by atoms with Crippen LogP contribution in [0.3, 0.4) is 0 Å². The van der Waals surface area contributed by atoms with Crippen molar-refractivity contribution in [2.45, 2.75) is 26.4 Å². The number of carbonyl (C=O) groups excluding carboxylic acids is 1. The molecule has 1 heterocycles. The SMILES string of the molecule is COc1cc([C@@H](C)NC(=O)N(C)Cc2noc(C)n2)cc(OC)c1OC. The number of amides is 2. The first-order chi connectivity index (χ1) is 12.4. The molecule has 1 aromatic heterocycles. The Kier molecular flexibility index (Phi) is 6.26. The van der Waals surface area contributed by atoms with Gasteiger partial charge in [-0.25, -0.2) is 4.79 Å². The van der Waals surface area contributed by atoms with Crippen molar-refractivity contribution in [3.63, 3.8) is 0 Å². The largest absolute Gasteiger partial charge is 0.493 e. The van der Waals surface area contributed by atoms with Crippen LogP contribution in [0.25, 0.3) is 0 Å². The van der Waals surface area contributed by atoms with Crippen molar-refractivity contribution in [3.05, 3.63) is 29.4 Å². The molecule has 0 aliphatic rings. The van der Waals surface area contributed by atoms with Crippen molar-refractivity contribution in [2.24, 2.45) is 0 Å².